The maximum absolute atomic E-state index is 11.0. The van der Waals surface area contributed by atoms with Crippen molar-refractivity contribution in [2.45, 2.75) is 13.0 Å². The molecule has 0 aliphatic heterocycles. The number of nitrogens with two attached hydrogens (primary N) is 1. The van der Waals surface area contributed by atoms with Crippen LogP contribution in [0.1, 0.15) is 28.9 Å². The first-order chi connectivity index (χ1) is 6.16. The summed E-state index contributed by atoms with van der Waals surface area (Å²) in [6.45, 7) is 1.88. The summed E-state index contributed by atoms with van der Waals surface area (Å²) in [6, 6.07) is 7.19. The summed E-state index contributed by atoms with van der Waals surface area (Å²) in [6.07, 6.45) is -0.108. The average molecular weight is 179 g/mol. The molecule has 0 aromatic heterocycles. The first kappa shape index (κ1) is 9.74. The Kier molecular flexibility index (Phi) is 3.03. The smallest absolute Gasteiger partial charge is 0.249 e. The van der Waals surface area contributed by atoms with Crippen molar-refractivity contribution in [3.63, 3.8) is 0 Å². The van der Waals surface area contributed by atoms with Crippen molar-refractivity contribution in [2.24, 2.45) is 5.73 Å². The fraction of sp³-hybridized carbons (Fsp3) is 0.300. The van der Waals surface area contributed by atoms with Gasteiger partial charge in [-0.05, 0) is 18.6 Å². The molecule has 1 amide bonds. The first-order valence-electron chi connectivity index (χ1n) is 4.08. The monoisotopic (exact) mass is 179 g/mol. The Morgan fingerprint density at radius 1 is 1.46 bits per heavy atom. The minimum absolute atomic E-state index is 0.108. The van der Waals surface area contributed by atoms with Gasteiger partial charge in [-0.3, -0.25) is 4.79 Å². The predicted molar refractivity (Wildman–Crippen MR) is 50.4 cm³/mol. The van der Waals surface area contributed by atoms with E-state index in [0.717, 1.165) is 5.56 Å². The highest BCUT2D eigenvalue weighted by Gasteiger charge is 2.12. The normalized spacial score (nSPS) is 12.5. The van der Waals surface area contributed by atoms with E-state index in [4.69, 9.17) is 10.5 Å². The summed E-state index contributed by atoms with van der Waals surface area (Å²) in [7, 11) is 1.60. The summed E-state index contributed by atoms with van der Waals surface area (Å²) < 4.78 is 5.12. The van der Waals surface area contributed by atoms with E-state index in [2.05, 4.69) is 0 Å². The number of primary amides is 1. The number of benzene rings is 1. The summed E-state index contributed by atoms with van der Waals surface area (Å²) in [4.78, 5) is 11.0. The zero-order chi connectivity index (χ0) is 9.84. The van der Waals surface area contributed by atoms with Crippen LogP contribution in [0.4, 0.5) is 0 Å². The lowest BCUT2D eigenvalue weighted by molar-refractivity contribution is 0.0977. The molecule has 3 heteroatoms. The Morgan fingerprint density at radius 3 is 2.62 bits per heavy atom. The van der Waals surface area contributed by atoms with Crippen molar-refractivity contribution < 1.29 is 9.53 Å². The number of carbonyl (C=O) groups is 1. The van der Waals surface area contributed by atoms with E-state index in [9.17, 15) is 4.79 Å². The van der Waals surface area contributed by atoms with E-state index in [1.165, 1.54) is 0 Å². The predicted octanol–water partition coefficient (Wildman–Crippen LogP) is 1.49. The minimum Gasteiger partial charge on any atom is -0.377 e. The van der Waals surface area contributed by atoms with Gasteiger partial charge in [0.15, 0.2) is 0 Å². The van der Waals surface area contributed by atoms with Gasteiger partial charge in [-0.15, -0.1) is 0 Å². The molecule has 0 radical (unpaired) electrons. The molecule has 13 heavy (non-hydrogen) atoms. The molecule has 3 nitrogen and oxygen atoms in total. The molecule has 0 heterocycles. The second-order valence-corrected chi connectivity index (χ2v) is 2.83. The van der Waals surface area contributed by atoms with E-state index in [1.807, 2.05) is 19.1 Å². The number of hydrogen-bond acceptors (Lipinski definition) is 2. The van der Waals surface area contributed by atoms with Crippen LogP contribution < -0.4 is 5.73 Å². The third-order valence-electron chi connectivity index (χ3n) is 2.02. The standard InChI is InChI=1S/C10H13NO2/c1-7(13-2)8-5-3-4-6-9(8)10(11)12/h3-7H,1-2H3,(H2,11,12). The number of hydrogen-bond donors (Lipinski definition) is 1. The van der Waals surface area contributed by atoms with Crippen LogP contribution in [0.5, 0.6) is 0 Å². The largest absolute Gasteiger partial charge is 0.377 e. The van der Waals surface area contributed by atoms with E-state index in [-0.39, 0.29) is 6.10 Å². The molecule has 1 rings (SSSR count). The van der Waals surface area contributed by atoms with Crippen LogP contribution in [0.25, 0.3) is 0 Å². The van der Waals surface area contributed by atoms with Crippen molar-refractivity contribution in [1.29, 1.82) is 0 Å². The lowest BCUT2D eigenvalue weighted by Gasteiger charge is -2.12. The SMILES string of the molecule is COC(C)c1ccccc1C(N)=O. The Balaban J connectivity index is 3.11. The summed E-state index contributed by atoms with van der Waals surface area (Å²) >= 11 is 0. The molecule has 2 N–H and O–H groups in total. The molecule has 0 saturated heterocycles. The van der Waals surface area contributed by atoms with Crippen LogP contribution in [-0.4, -0.2) is 13.0 Å². The van der Waals surface area contributed by atoms with Gasteiger partial charge in [-0.2, -0.15) is 0 Å². The molecule has 0 spiro atoms. The lowest BCUT2D eigenvalue weighted by atomic mass is 10.0. The van der Waals surface area contributed by atoms with E-state index >= 15 is 0 Å². The molecule has 70 valence electrons. The molecule has 0 saturated carbocycles. The highest BCUT2D eigenvalue weighted by atomic mass is 16.5. The van der Waals surface area contributed by atoms with Crippen LogP contribution in [-0.2, 0) is 4.74 Å². The fourth-order valence-corrected chi connectivity index (χ4v) is 1.20. The maximum atomic E-state index is 11.0. The molecule has 1 unspecified atom stereocenters. The van der Waals surface area contributed by atoms with Gasteiger partial charge in [0.25, 0.3) is 0 Å². The van der Waals surface area contributed by atoms with Crippen LogP contribution >= 0.6 is 0 Å². The van der Waals surface area contributed by atoms with Gasteiger partial charge in [0, 0.05) is 12.7 Å². The molecule has 1 atom stereocenters. The molecule has 1 aromatic rings. The number of carbonyl (C=O) groups excluding carboxylic acids is 1. The summed E-state index contributed by atoms with van der Waals surface area (Å²) in [5.41, 5.74) is 6.57. The lowest BCUT2D eigenvalue weighted by Crippen LogP contribution is -2.15. The fourth-order valence-electron chi connectivity index (χ4n) is 1.20. The van der Waals surface area contributed by atoms with Gasteiger partial charge in [-0.1, -0.05) is 18.2 Å². The van der Waals surface area contributed by atoms with Gasteiger partial charge in [0.05, 0.1) is 6.10 Å². The van der Waals surface area contributed by atoms with Gasteiger partial charge >= 0.3 is 0 Å². The Hall–Kier alpha value is -1.35. The molecular formula is C10H13NO2. The van der Waals surface area contributed by atoms with Gasteiger partial charge in [-0.25, -0.2) is 0 Å². The zero-order valence-electron chi connectivity index (χ0n) is 7.78. The highest BCUT2D eigenvalue weighted by molar-refractivity contribution is 5.94. The van der Waals surface area contributed by atoms with Crippen molar-refractivity contribution in [2.75, 3.05) is 7.11 Å². The van der Waals surface area contributed by atoms with E-state index in [1.54, 1.807) is 19.2 Å². The number of amides is 1. The number of methoxy groups -OCH3 is 1. The van der Waals surface area contributed by atoms with Crippen molar-refractivity contribution in [3.05, 3.63) is 35.4 Å². The Labute approximate surface area is 77.5 Å². The topological polar surface area (TPSA) is 52.3 Å². The maximum Gasteiger partial charge on any atom is 0.249 e. The van der Waals surface area contributed by atoms with Gasteiger partial charge < -0.3 is 10.5 Å². The number of rotatable bonds is 3. The first-order valence-corrected chi connectivity index (χ1v) is 4.08. The van der Waals surface area contributed by atoms with Crippen LogP contribution in [0.15, 0.2) is 24.3 Å². The molecule has 1 aromatic carbocycles. The van der Waals surface area contributed by atoms with Gasteiger partial charge in [0.1, 0.15) is 0 Å². The molecule has 0 bridgehead atoms. The van der Waals surface area contributed by atoms with Crippen LogP contribution in [0.2, 0.25) is 0 Å². The van der Waals surface area contributed by atoms with Gasteiger partial charge in [0.2, 0.25) is 5.91 Å². The van der Waals surface area contributed by atoms with Crippen molar-refractivity contribution in [3.8, 4) is 0 Å². The highest BCUT2D eigenvalue weighted by Crippen LogP contribution is 2.19. The van der Waals surface area contributed by atoms with Crippen molar-refractivity contribution >= 4 is 5.91 Å². The zero-order valence-corrected chi connectivity index (χ0v) is 7.78. The third-order valence-corrected chi connectivity index (χ3v) is 2.02. The van der Waals surface area contributed by atoms with Crippen LogP contribution in [0, 0.1) is 0 Å². The molecule has 0 aliphatic carbocycles. The molecule has 0 aliphatic rings. The molecular weight excluding hydrogens is 166 g/mol. The van der Waals surface area contributed by atoms with E-state index < -0.39 is 5.91 Å². The molecule has 0 fully saturated rings. The summed E-state index contributed by atoms with van der Waals surface area (Å²) in [5, 5.41) is 0. The third kappa shape index (κ3) is 2.06. The van der Waals surface area contributed by atoms with Crippen LogP contribution in [0.3, 0.4) is 0 Å². The van der Waals surface area contributed by atoms with Crippen molar-refractivity contribution in [1.82, 2.24) is 0 Å². The quantitative estimate of drug-likeness (QED) is 0.764. The van der Waals surface area contributed by atoms with E-state index in [0.29, 0.717) is 5.56 Å². The Bertz CT molecular complexity index is 310. The number of ether oxygens (including phenoxy) is 1. The second kappa shape index (κ2) is 4.05. The summed E-state index contributed by atoms with van der Waals surface area (Å²) in [5.74, 6) is -0.417. The average Bonchev–Trinajstić information content (AvgIpc) is 2.16. The minimum atomic E-state index is -0.417. The second-order valence-electron chi connectivity index (χ2n) is 2.83. The Morgan fingerprint density at radius 2 is 2.08 bits per heavy atom.